The third-order valence-corrected chi connectivity index (χ3v) is 4.92. The molecule has 1 aliphatic rings. The van der Waals surface area contributed by atoms with E-state index >= 15 is 0 Å². The second-order valence-corrected chi connectivity index (χ2v) is 6.88. The first-order valence-electron chi connectivity index (χ1n) is 9.46. The van der Waals surface area contributed by atoms with Gasteiger partial charge in [-0.15, -0.1) is 0 Å². The summed E-state index contributed by atoms with van der Waals surface area (Å²) in [6.07, 6.45) is 0.622. The fourth-order valence-electron chi connectivity index (χ4n) is 3.16. The first-order chi connectivity index (χ1) is 13.8. The van der Waals surface area contributed by atoms with Crippen molar-refractivity contribution in [3.63, 3.8) is 0 Å². The fourth-order valence-corrected chi connectivity index (χ4v) is 3.16. The number of anilines is 2. The highest BCUT2D eigenvalue weighted by molar-refractivity contribution is 6.01. The fraction of sp³-hybridized carbons (Fsp3) is 0.333. The lowest BCUT2D eigenvalue weighted by Crippen LogP contribution is -2.55. The van der Waals surface area contributed by atoms with E-state index in [2.05, 4.69) is 10.6 Å². The van der Waals surface area contributed by atoms with Gasteiger partial charge in [0.05, 0.1) is 22.9 Å². The number of benzene rings is 2. The Kier molecular flexibility index (Phi) is 6.10. The predicted molar refractivity (Wildman–Crippen MR) is 103 cm³/mol. The first-order valence-corrected chi connectivity index (χ1v) is 9.46. The van der Waals surface area contributed by atoms with E-state index in [1.54, 1.807) is 13.0 Å². The van der Waals surface area contributed by atoms with Gasteiger partial charge in [-0.3, -0.25) is 9.59 Å². The van der Waals surface area contributed by atoms with Gasteiger partial charge in [0.15, 0.2) is 11.6 Å². The number of amides is 2. The van der Waals surface area contributed by atoms with Crippen molar-refractivity contribution >= 4 is 23.2 Å². The molecule has 0 spiro atoms. The van der Waals surface area contributed by atoms with Gasteiger partial charge >= 0.3 is 0 Å². The van der Waals surface area contributed by atoms with Gasteiger partial charge < -0.3 is 15.5 Å². The summed E-state index contributed by atoms with van der Waals surface area (Å²) in [5.74, 6) is -4.10. The molecule has 3 rings (SSSR count). The van der Waals surface area contributed by atoms with E-state index in [1.807, 2.05) is 6.92 Å². The van der Waals surface area contributed by atoms with Crippen molar-refractivity contribution in [2.75, 3.05) is 25.0 Å². The molecule has 0 aromatic heterocycles. The summed E-state index contributed by atoms with van der Waals surface area (Å²) >= 11 is 0. The Bertz CT molecular complexity index is 943. The summed E-state index contributed by atoms with van der Waals surface area (Å²) in [7, 11) is 0. The Balaban J connectivity index is 1.85. The summed E-state index contributed by atoms with van der Waals surface area (Å²) in [6, 6.07) is 6.39. The number of nitrogens with zero attached hydrogens (tertiary/aromatic N) is 1. The van der Waals surface area contributed by atoms with Crippen LogP contribution in [0.5, 0.6) is 0 Å². The minimum Gasteiger partial charge on any atom is -0.356 e. The highest BCUT2D eigenvalue weighted by Crippen LogP contribution is 2.30. The summed E-state index contributed by atoms with van der Waals surface area (Å²) in [6.45, 7) is 4.52. The quantitative estimate of drug-likeness (QED) is 0.772. The molecular weight excluding hydrogens is 383 g/mol. The number of likely N-dealkylation sites (tertiary alicyclic amines) is 1. The van der Waals surface area contributed by atoms with Gasteiger partial charge in [0.1, 0.15) is 5.82 Å². The number of nitrogens with one attached hydrogen (secondary N) is 2. The molecule has 8 heteroatoms. The lowest BCUT2D eigenvalue weighted by molar-refractivity contribution is -0.128. The number of carbonyl (C=O) groups excluding carboxylic acids is 2. The molecular formula is C21H22F3N3O2. The summed E-state index contributed by atoms with van der Waals surface area (Å²) in [4.78, 5) is 26.0. The average molecular weight is 405 g/mol. The number of hydrogen-bond donors (Lipinski definition) is 2. The summed E-state index contributed by atoms with van der Waals surface area (Å²) in [5.41, 5.74) is 0.127. The average Bonchev–Trinajstić information content (AvgIpc) is 2.65. The van der Waals surface area contributed by atoms with Crippen LogP contribution in [0.4, 0.5) is 24.5 Å². The molecule has 0 atom stereocenters. The Morgan fingerprint density at radius 3 is 2.41 bits per heavy atom. The van der Waals surface area contributed by atoms with Gasteiger partial charge in [-0.05, 0) is 43.2 Å². The lowest BCUT2D eigenvalue weighted by Gasteiger charge is -2.38. The van der Waals surface area contributed by atoms with E-state index in [0.29, 0.717) is 13.0 Å². The van der Waals surface area contributed by atoms with Gasteiger partial charge in [-0.25, -0.2) is 13.2 Å². The first kappa shape index (κ1) is 20.7. The number of aryl methyl sites for hydroxylation is 1. The maximum atomic E-state index is 14.5. The Morgan fingerprint density at radius 2 is 1.79 bits per heavy atom. The third-order valence-electron chi connectivity index (χ3n) is 4.92. The van der Waals surface area contributed by atoms with Crippen molar-refractivity contribution in [2.24, 2.45) is 5.92 Å². The van der Waals surface area contributed by atoms with Crippen molar-refractivity contribution < 1.29 is 22.8 Å². The van der Waals surface area contributed by atoms with Crippen LogP contribution in [0.3, 0.4) is 0 Å². The molecule has 2 aromatic rings. The number of halogens is 3. The summed E-state index contributed by atoms with van der Waals surface area (Å²) < 4.78 is 42.6. The second-order valence-electron chi connectivity index (χ2n) is 6.88. The van der Waals surface area contributed by atoms with Crippen molar-refractivity contribution in [1.29, 1.82) is 0 Å². The van der Waals surface area contributed by atoms with Crippen molar-refractivity contribution in [3.8, 4) is 0 Å². The summed E-state index contributed by atoms with van der Waals surface area (Å²) in [5, 5.41) is 5.21. The number of rotatable bonds is 6. The van der Waals surface area contributed by atoms with Crippen LogP contribution in [-0.4, -0.2) is 36.3 Å². The van der Waals surface area contributed by atoms with E-state index < -0.39 is 29.0 Å². The van der Waals surface area contributed by atoms with Gasteiger partial charge in [-0.2, -0.15) is 0 Å². The van der Waals surface area contributed by atoms with Crippen LogP contribution in [0.25, 0.3) is 0 Å². The van der Waals surface area contributed by atoms with E-state index in [4.69, 9.17) is 0 Å². The Labute approximate surface area is 166 Å². The van der Waals surface area contributed by atoms with Crippen LogP contribution in [0.15, 0.2) is 30.3 Å². The molecule has 2 N–H and O–H groups in total. The largest absolute Gasteiger partial charge is 0.356 e. The maximum absolute atomic E-state index is 14.5. The van der Waals surface area contributed by atoms with Crippen LogP contribution in [-0.2, 0) is 11.2 Å². The smallest absolute Gasteiger partial charge is 0.256 e. The molecule has 154 valence electrons. The second kappa shape index (κ2) is 8.55. The predicted octanol–water partition coefficient (Wildman–Crippen LogP) is 3.62. The van der Waals surface area contributed by atoms with E-state index in [-0.39, 0.29) is 36.2 Å². The van der Waals surface area contributed by atoms with Crippen molar-refractivity contribution in [3.05, 3.63) is 58.9 Å². The molecule has 2 aromatic carbocycles. The molecule has 0 unspecified atom stereocenters. The van der Waals surface area contributed by atoms with Gasteiger partial charge in [0, 0.05) is 19.6 Å². The molecule has 5 nitrogen and oxygen atoms in total. The SMILES string of the molecule is CCNC(=O)C1CN(C(=O)c2ccc(F)c(F)c2Nc2ccc(CC)cc2F)C1. The van der Waals surface area contributed by atoms with Gasteiger partial charge in [0.2, 0.25) is 5.91 Å². The number of carbonyl (C=O) groups is 2. The highest BCUT2D eigenvalue weighted by atomic mass is 19.2. The Hall–Kier alpha value is -3.03. The number of hydrogen-bond acceptors (Lipinski definition) is 3. The van der Waals surface area contributed by atoms with Crippen LogP contribution < -0.4 is 10.6 Å². The molecule has 2 amide bonds. The van der Waals surface area contributed by atoms with Gasteiger partial charge in [0.25, 0.3) is 5.91 Å². The topological polar surface area (TPSA) is 61.4 Å². The molecule has 1 fully saturated rings. The van der Waals surface area contributed by atoms with E-state index in [0.717, 1.165) is 17.7 Å². The van der Waals surface area contributed by atoms with E-state index in [9.17, 15) is 22.8 Å². The van der Waals surface area contributed by atoms with Crippen LogP contribution in [0.1, 0.15) is 29.8 Å². The van der Waals surface area contributed by atoms with Crippen molar-refractivity contribution in [1.82, 2.24) is 10.2 Å². The van der Waals surface area contributed by atoms with E-state index in [1.165, 1.54) is 17.0 Å². The molecule has 0 radical (unpaired) electrons. The van der Waals surface area contributed by atoms with Crippen LogP contribution in [0.2, 0.25) is 0 Å². The molecule has 0 saturated carbocycles. The molecule has 0 bridgehead atoms. The molecule has 29 heavy (non-hydrogen) atoms. The maximum Gasteiger partial charge on any atom is 0.256 e. The van der Waals surface area contributed by atoms with Crippen LogP contribution in [0, 0.1) is 23.4 Å². The zero-order valence-corrected chi connectivity index (χ0v) is 16.2. The molecule has 1 heterocycles. The van der Waals surface area contributed by atoms with Gasteiger partial charge in [-0.1, -0.05) is 13.0 Å². The lowest BCUT2D eigenvalue weighted by atomic mass is 9.97. The minimum atomic E-state index is -1.27. The molecule has 0 aliphatic carbocycles. The highest BCUT2D eigenvalue weighted by Gasteiger charge is 2.37. The normalized spacial score (nSPS) is 13.8. The monoisotopic (exact) mass is 405 g/mol. The molecule has 1 saturated heterocycles. The third kappa shape index (κ3) is 4.21. The van der Waals surface area contributed by atoms with Crippen LogP contribution >= 0.6 is 0 Å². The molecule has 1 aliphatic heterocycles. The standard InChI is InChI=1S/C21H22F3N3O2/c1-3-12-5-8-17(16(23)9-12)26-19-14(6-7-15(22)18(19)24)21(29)27-10-13(11-27)20(28)25-4-2/h5-9,13,26H,3-4,10-11H2,1-2H3,(H,25,28). The zero-order valence-electron chi connectivity index (χ0n) is 16.2. The minimum absolute atomic E-state index is 0.0652. The zero-order chi connectivity index (χ0) is 21.1. The van der Waals surface area contributed by atoms with Crippen molar-refractivity contribution in [2.45, 2.75) is 20.3 Å². The Morgan fingerprint density at radius 1 is 1.07 bits per heavy atom.